The highest BCUT2D eigenvalue weighted by atomic mass is 16.7. The monoisotopic (exact) mass is 764 g/mol. The molecule has 0 unspecified atom stereocenters. The molecule has 302 valence electrons. The van der Waals surface area contributed by atoms with E-state index < -0.39 is 74.6 Å². The van der Waals surface area contributed by atoms with E-state index in [1.165, 1.54) is 0 Å². The van der Waals surface area contributed by atoms with E-state index in [0.29, 0.717) is 35.7 Å². The Balaban J connectivity index is 0.971. The van der Waals surface area contributed by atoms with Crippen LogP contribution in [0.15, 0.2) is 48.5 Å². The molecule has 2 heterocycles. The first-order valence-corrected chi connectivity index (χ1v) is 18.7. The summed E-state index contributed by atoms with van der Waals surface area (Å²) in [6.45, 7) is -1.10. The molecule has 2 aliphatic heterocycles. The minimum absolute atomic E-state index is 0.0936. The van der Waals surface area contributed by atoms with Crippen LogP contribution in [0, 0.1) is 0 Å². The Kier molecular flexibility index (Phi) is 17.8. The Morgan fingerprint density at radius 3 is 1.11 bits per heavy atom. The minimum Gasteiger partial charge on any atom is -0.462 e. The first-order chi connectivity index (χ1) is 26.0. The van der Waals surface area contributed by atoms with Crippen LogP contribution >= 0.6 is 0 Å². The number of nitrogens with one attached hydrogen (secondary N) is 2. The summed E-state index contributed by atoms with van der Waals surface area (Å²) >= 11 is 0. The lowest BCUT2D eigenvalue weighted by molar-refractivity contribution is -0.277. The molecular formula is C38H56N2O14. The van der Waals surface area contributed by atoms with Crippen LogP contribution in [0.25, 0.3) is 0 Å². The van der Waals surface area contributed by atoms with Crippen molar-refractivity contribution in [2.24, 2.45) is 0 Å². The third-order valence-electron chi connectivity index (χ3n) is 9.54. The molecule has 4 rings (SSSR count). The van der Waals surface area contributed by atoms with E-state index in [1.54, 1.807) is 48.5 Å². The molecule has 2 fully saturated rings. The van der Waals surface area contributed by atoms with Crippen molar-refractivity contribution in [1.29, 1.82) is 0 Å². The van der Waals surface area contributed by atoms with Gasteiger partial charge in [-0.2, -0.15) is 0 Å². The average molecular weight is 765 g/mol. The van der Waals surface area contributed by atoms with Crippen molar-refractivity contribution in [2.75, 3.05) is 23.8 Å². The fourth-order valence-corrected chi connectivity index (χ4v) is 6.26. The van der Waals surface area contributed by atoms with Gasteiger partial charge in [0.1, 0.15) is 60.3 Å². The number of carbonyl (C=O) groups is 2. The number of ether oxygens (including phenoxy) is 4. The van der Waals surface area contributed by atoms with Crippen LogP contribution < -0.4 is 20.1 Å². The Hall–Kier alpha value is -3.42. The summed E-state index contributed by atoms with van der Waals surface area (Å²) in [6.07, 6.45) is -2.86. The maximum atomic E-state index is 12.4. The molecule has 0 spiro atoms. The van der Waals surface area contributed by atoms with Gasteiger partial charge < -0.3 is 70.4 Å². The normalized spacial score (nSPS) is 28.3. The first-order valence-electron chi connectivity index (χ1n) is 18.7. The fraction of sp³-hybridized carbons (Fsp3) is 0.632. The lowest BCUT2D eigenvalue weighted by atomic mass is 9.99. The zero-order chi connectivity index (χ0) is 39.0. The SMILES string of the molecule is O=C(CCCCCCCCCCCCC(=O)Nc1ccc(O[C@@H]2O[C@H](CO)[C@H](O)[C@H](O)[C@H]2O)cc1)Nc1ccc(O[C@@H]2O[C@H](CO)[C@H](O)[C@H](O)[C@H]2O)cc1. The Labute approximate surface area is 314 Å². The molecule has 0 bridgehead atoms. The van der Waals surface area contributed by atoms with Crippen molar-refractivity contribution < 1.29 is 69.4 Å². The summed E-state index contributed by atoms with van der Waals surface area (Å²) in [4.78, 5) is 24.7. The zero-order valence-corrected chi connectivity index (χ0v) is 30.3. The molecule has 2 saturated heterocycles. The predicted octanol–water partition coefficient (Wildman–Crippen LogP) is 1.30. The summed E-state index contributed by atoms with van der Waals surface area (Å²) < 4.78 is 21.8. The number of carbonyl (C=O) groups excluding carboxylic acids is 2. The highest BCUT2D eigenvalue weighted by molar-refractivity contribution is 5.91. The van der Waals surface area contributed by atoms with E-state index in [4.69, 9.17) is 18.9 Å². The quantitative estimate of drug-likeness (QED) is 0.0805. The summed E-state index contributed by atoms with van der Waals surface area (Å²) in [5.74, 6) is 0.441. The van der Waals surface area contributed by atoms with Crippen LogP contribution in [0.3, 0.4) is 0 Å². The first kappa shape index (κ1) is 43.3. The number of rotatable bonds is 21. The number of amides is 2. The topological polar surface area (TPSA) is 257 Å². The Bertz CT molecular complexity index is 1290. The number of hydrogen-bond acceptors (Lipinski definition) is 14. The molecule has 0 aliphatic carbocycles. The molecule has 2 aromatic rings. The van der Waals surface area contributed by atoms with Crippen molar-refractivity contribution in [1.82, 2.24) is 0 Å². The molecule has 54 heavy (non-hydrogen) atoms. The molecule has 2 amide bonds. The van der Waals surface area contributed by atoms with Crippen LogP contribution in [0.5, 0.6) is 11.5 Å². The van der Waals surface area contributed by atoms with Gasteiger partial charge in [0, 0.05) is 24.2 Å². The molecule has 10 N–H and O–H groups in total. The summed E-state index contributed by atoms with van der Waals surface area (Å²) in [5.41, 5.74) is 1.16. The van der Waals surface area contributed by atoms with E-state index in [-0.39, 0.29) is 11.8 Å². The Morgan fingerprint density at radius 2 is 0.796 bits per heavy atom. The van der Waals surface area contributed by atoms with Gasteiger partial charge >= 0.3 is 0 Å². The summed E-state index contributed by atoms with van der Waals surface area (Å²) in [5, 5.41) is 84.2. The number of aliphatic hydroxyl groups is 8. The van der Waals surface area contributed by atoms with Crippen molar-refractivity contribution in [2.45, 2.75) is 138 Å². The van der Waals surface area contributed by atoms with Gasteiger partial charge in [-0.15, -0.1) is 0 Å². The molecule has 2 aromatic carbocycles. The molecule has 0 aromatic heterocycles. The second-order valence-corrected chi connectivity index (χ2v) is 13.8. The number of unbranched alkanes of at least 4 members (excludes halogenated alkanes) is 9. The molecule has 2 aliphatic rings. The fourth-order valence-electron chi connectivity index (χ4n) is 6.26. The Morgan fingerprint density at radius 1 is 0.481 bits per heavy atom. The smallest absolute Gasteiger partial charge is 0.229 e. The molecular weight excluding hydrogens is 708 g/mol. The lowest BCUT2D eigenvalue weighted by Gasteiger charge is -2.39. The number of anilines is 2. The second kappa shape index (κ2) is 22.2. The van der Waals surface area contributed by atoms with Gasteiger partial charge in [-0.3, -0.25) is 9.59 Å². The van der Waals surface area contributed by atoms with Gasteiger partial charge in [-0.25, -0.2) is 0 Å². The van der Waals surface area contributed by atoms with Crippen LogP contribution in [0.4, 0.5) is 11.4 Å². The van der Waals surface area contributed by atoms with Gasteiger partial charge in [0.15, 0.2) is 0 Å². The van der Waals surface area contributed by atoms with Gasteiger partial charge in [0.2, 0.25) is 24.4 Å². The van der Waals surface area contributed by atoms with Crippen LogP contribution in [-0.2, 0) is 19.1 Å². The molecule has 0 saturated carbocycles. The lowest BCUT2D eigenvalue weighted by Crippen LogP contribution is -2.60. The zero-order valence-electron chi connectivity index (χ0n) is 30.3. The van der Waals surface area contributed by atoms with E-state index in [0.717, 1.165) is 64.2 Å². The van der Waals surface area contributed by atoms with E-state index >= 15 is 0 Å². The van der Waals surface area contributed by atoms with Crippen molar-refractivity contribution in [3.63, 3.8) is 0 Å². The van der Waals surface area contributed by atoms with E-state index in [9.17, 15) is 50.4 Å². The number of aliphatic hydroxyl groups excluding tert-OH is 8. The minimum atomic E-state index is -1.53. The van der Waals surface area contributed by atoms with Crippen molar-refractivity contribution in [3.05, 3.63) is 48.5 Å². The third kappa shape index (κ3) is 13.1. The number of benzene rings is 2. The van der Waals surface area contributed by atoms with E-state index in [2.05, 4.69) is 10.6 Å². The maximum absolute atomic E-state index is 12.4. The van der Waals surface area contributed by atoms with Gasteiger partial charge in [0.05, 0.1) is 13.2 Å². The van der Waals surface area contributed by atoms with E-state index in [1.807, 2.05) is 0 Å². The second-order valence-electron chi connectivity index (χ2n) is 13.8. The largest absolute Gasteiger partial charge is 0.462 e. The van der Waals surface area contributed by atoms with Crippen LogP contribution in [0.1, 0.15) is 77.0 Å². The summed E-state index contributed by atoms with van der Waals surface area (Å²) in [7, 11) is 0. The van der Waals surface area contributed by atoms with Gasteiger partial charge in [-0.1, -0.05) is 51.4 Å². The third-order valence-corrected chi connectivity index (χ3v) is 9.54. The van der Waals surface area contributed by atoms with Crippen LogP contribution in [-0.4, -0.2) is 127 Å². The number of hydrogen-bond donors (Lipinski definition) is 10. The van der Waals surface area contributed by atoms with Gasteiger partial charge in [-0.05, 0) is 61.4 Å². The molecule has 16 nitrogen and oxygen atoms in total. The molecule has 0 radical (unpaired) electrons. The molecule has 10 atom stereocenters. The molecule has 16 heteroatoms. The summed E-state index contributed by atoms with van der Waals surface area (Å²) in [6, 6.07) is 12.9. The predicted molar refractivity (Wildman–Crippen MR) is 194 cm³/mol. The standard InChI is InChI=1S/C38H56N2O14/c41-21-27-31(45)33(47)35(49)37(53-27)51-25-17-13-23(14-18-25)39-29(43)11-9-7-5-3-1-2-4-6-8-10-12-30(44)40-24-15-19-26(20-16-24)52-38-36(50)34(48)32(46)28(22-42)54-38/h13-20,27-28,31-38,41-42,45-50H,1-12,21-22H2,(H,39,43)(H,40,44)/t27-,28-,31+,32+,33+,34+,35-,36-,37-,38-/m1/s1. The highest BCUT2D eigenvalue weighted by Crippen LogP contribution is 2.27. The van der Waals surface area contributed by atoms with Gasteiger partial charge in [0.25, 0.3) is 0 Å². The maximum Gasteiger partial charge on any atom is 0.229 e. The highest BCUT2D eigenvalue weighted by Gasteiger charge is 2.45. The van der Waals surface area contributed by atoms with Crippen LogP contribution in [0.2, 0.25) is 0 Å². The van der Waals surface area contributed by atoms with Crippen molar-refractivity contribution in [3.8, 4) is 11.5 Å². The van der Waals surface area contributed by atoms with Crippen molar-refractivity contribution >= 4 is 23.2 Å². The average Bonchev–Trinajstić information content (AvgIpc) is 3.17.